The molecule has 1 aliphatic rings. The van der Waals surface area contributed by atoms with Crippen molar-refractivity contribution in [2.45, 2.75) is 31.8 Å². The van der Waals surface area contributed by atoms with E-state index in [1.165, 1.54) is 0 Å². The lowest BCUT2D eigenvalue weighted by molar-refractivity contribution is -0.123. The molecular weight excluding hydrogens is 256 g/mol. The largest absolute Gasteiger partial charge is 0.497 e. The Kier molecular flexibility index (Phi) is 5.24. The highest BCUT2D eigenvalue weighted by Gasteiger charge is 2.20. The van der Waals surface area contributed by atoms with Crippen molar-refractivity contribution in [1.29, 1.82) is 0 Å². The van der Waals surface area contributed by atoms with Gasteiger partial charge in [0.05, 0.1) is 20.3 Å². The van der Waals surface area contributed by atoms with Crippen LogP contribution in [-0.2, 0) is 11.3 Å². The third-order valence-corrected chi connectivity index (χ3v) is 3.57. The average Bonchev–Trinajstić information content (AvgIpc) is 2.53. The molecule has 0 unspecified atom stereocenters. The van der Waals surface area contributed by atoms with E-state index in [9.17, 15) is 4.79 Å². The van der Waals surface area contributed by atoms with E-state index in [-0.39, 0.29) is 11.9 Å². The zero-order valence-corrected chi connectivity index (χ0v) is 12.1. The SMILES string of the molecule is COc1ccc(CNC(=O)[C@@H]2CCCCN2)c(OC)c1. The number of carbonyl (C=O) groups is 1. The maximum atomic E-state index is 12.1. The summed E-state index contributed by atoms with van der Waals surface area (Å²) in [6.07, 6.45) is 3.17. The summed E-state index contributed by atoms with van der Waals surface area (Å²) in [6.45, 7) is 1.38. The van der Waals surface area contributed by atoms with Crippen molar-refractivity contribution in [3.63, 3.8) is 0 Å². The minimum absolute atomic E-state index is 0.0579. The van der Waals surface area contributed by atoms with Crippen molar-refractivity contribution in [3.8, 4) is 11.5 Å². The quantitative estimate of drug-likeness (QED) is 0.856. The first-order valence-electron chi connectivity index (χ1n) is 6.96. The van der Waals surface area contributed by atoms with Gasteiger partial charge in [0.25, 0.3) is 0 Å². The number of hydrogen-bond acceptors (Lipinski definition) is 4. The molecule has 1 amide bonds. The Bertz CT molecular complexity index is 456. The first-order valence-corrected chi connectivity index (χ1v) is 6.96. The predicted octanol–water partition coefficient (Wildman–Crippen LogP) is 1.46. The Balaban J connectivity index is 1.94. The molecule has 2 N–H and O–H groups in total. The number of benzene rings is 1. The number of hydrogen-bond donors (Lipinski definition) is 2. The Morgan fingerprint density at radius 2 is 2.20 bits per heavy atom. The van der Waals surface area contributed by atoms with Crippen molar-refractivity contribution in [3.05, 3.63) is 23.8 Å². The average molecular weight is 278 g/mol. The molecule has 1 heterocycles. The first kappa shape index (κ1) is 14.7. The van der Waals surface area contributed by atoms with Crippen molar-refractivity contribution in [2.24, 2.45) is 0 Å². The van der Waals surface area contributed by atoms with E-state index in [4.69, 9.17) is 9.47 Å². The molecule has 0 aliphatic carbocycles. The van der Waals surface area contributed by atoms with Crippen molar-refractivity contribution in [2.75, 3.05) is 20.8 Å². The number of ether oxygens (including phenoxy) is 2. The molecule has 5 nitrogen and oxygen atoms in total. The van der Waals surface area contributed by atoms with Gasteiger partial charge in [-0.3, -0.25) is 4.79 Å². The fourth-order valence-electron chi connectivity index (χ4n) is 2.38. The van der Waals surface area contributed by atoms with Gasteiger partial charge in [0, 0.05) is 18.2 Å². The molecule has 1 fully saturated rings. The van der Waals surface area contributed by atoms with Crippen molar-refractivity contribution >= 4 is 5.91 Å². The minimum atomic E-state index is -0.0620. The molecule has 1 aromatic carbocycles. The number of nitrogens with one attached hydrogen (secondary N) is 2. The fraction of sp³-hybridized carbons (Fsp3) is 0.533. The van der Waals surface area contributed by atoms with E-state index in [0.29, 0.717) is 6.54 Å². The van der Waals surface area contributed by atoms with Gasteiger partial charge in [-0.25, -0.2) is 0 Å². The second kappa shape index (κ2) is 7.14. The van der Waals surface area contributed by atoms with Crippen molar-refractivity contribution < 1.29 is 14.3 Å². The van der Waals surface area contributed by atoms with Crippen LogP contribution in [0.3, 0.4) is 0 Å². The molecule has 0 aromatic heterocycles. The normalized spacial score (nSPS) is 18.4. The summed E-state index contributed by atoms with van der Waals surface area (Å²) in [4.78, 5) is 12.1. The van der Waals surface area contributed by atoms with Gasteiger partial charge in [-0.15, -0.1) is 0 Å². The fourth-order valence-corrected chi connectivity index (χ4v) is 2.38. The molecule has 0 radical (unpaired) electrons. The molecule has 0 saturated carbocycles. The lowest BCUT2D eigenvalue weighted by Gasteiger charge is -2.22. The van der Waals surface area contributed by atoms with Crippen LogP contribution in [0, 0.1) is 0 Å². The number of carbonyl (C=O) groups excluding carboxylic acids is 1. The molecule has 1 aromatic rings. The predicted molar refractivity (Wildman–Crippen MR) is 77.0 cm³/mol. The molecule has 1 atom stereocenters. The second-order valence-corrected chi connectivity index (χ2v) is 4.90. The summed E-state index contributed by atoms with van der Waals surface area (Å²) >= 11 is 0. The van der Waals surface area contributed by atoms with Gasteiger partial charge in [-0.05, 0) is 31.5 Å². The van der Waals surface area contributed by atoms with Crippen LogP contribution in [0.25, 0.3) is 0 Å². The Labute approximate surface area is 119 Å². The Morgan fingerprint density at radius 3 is 2.85 bits per heavy atom. The monoisotopic (exact) mass is 278 g/mol. The summed E-state index contributed by atoms with van der Waals surface area (Å²) in [6, 6.07) is 5.53. The summed E-state index contributed by atoms with van der Waals surface area (Å²) in [5, 5.41) is 6.20. The summed E-state index contributed by atoms with van der Waals surface area (Å²) < 4.78 is 10.5. The highest BCUT2D eigenvalue weighted by atomic mass is 16.5. The standard InChI is InChI=1S/C15H22N2O3/c1-19-12-7-6-11(14(9-12)20-2)10-17-15(18)13-5-3-4-8-16-13/h6-7,9,13,16H,3-5,8,10H2,1-2H3,(H,17,18)/t13-/m0/s1. The van der Waals surface area contributed by atoms with Crippen LogP contribution in [-0.4, -0.2) is 32.7 Å². The maximum Gasteiger partial charge on any atom is 0.237 e. The summed E-state index contributed by atoms with van der Waals surface area (Å²) in [7, 11) is 3.23. The van der Waals surface area contributed by atoms with Crippen LogP contribution < -0.4 is 20.1 Å². The smallest absolute Gasteiger partial charge is 0.237 e. The molecular formula is C15H22N2O3. The molecule has 1 aliphatic heterocycles. The molecule has 0 bridgehead atoms. The number of piperidine rings is 1. The number of rotatable bonds is 5. The molecule has 5 heteroatoms. The molecule has 1 saturated heterocycles. The van der Waals surface area contributed by atoms with Gasteiger partial charge in [-0.1, -0.05) is 6.42 Å². The molecule has 2 rings (SSSR count). The lowest BCUT2D eigenvalue weighted by Crippen LogP contribution is -2.46. The van der Waals surface area contributed by atoms with Crippen LogP contribution in [0.2, 0.25) is 0 Å². The second-order valence-electron chi connectivity index (χ2n) is 4.90. The Morgan fingerprint density at radius 1 is 1.35 bits per heavy atom. The highest BCUT2D eigenvalue weighted by molar-refractivity contribution is 5.81. The minimum Gasteiger partial charge on any atom is -0.497 e. The van der Waals surface area contributed by atoms with Gasteiger partial charge in [0.2, 0.25) is 5.91 Å². The van der Waals surface area contributed by atoms with E-state index < -0.39 is 0 Å². The number of amides is 1. The van der Waals surface area contributed by atoms with E-state index in [2.05, 4.69) is 10.6 Å². The van der Waals surface area contributed by atoms with Crippen molar-refractivity contribution in [1.82, 2.24) is 10.6 Å². The van der Waals surface area contributed by atoms with Crippen LogP contribution in [0.5, 0.6) is 11.5 Å². The van der Waals surface area contributed by atoms with E-state index in [1.807, 2.05) is 18.2 Å². The van der Waals surface area contributed by atoms with Gasteiger partial charge in [0.1, 0.15) is 11.5 Å². The molecule has 110 valence electrons. The zero-order chi connectivity index (χ0) is 14.4. The Hall–Kier alpha value is -1.75. The van der Waals surface area contributed by atoms with Gasteiger partial charge in [-0.2, -0.15) is 0 Å². The third kappa shape index (κ3) is 3.63. The van der Waals surface area contributed by atoms with E-state index in [0.717, 1.165) is 42.9 Å². The van der Waals surface area contributed by atoms with E-state index >= 15 is 0 Å². The van der Waals surface area contributed by atoms with Gasteiger partial charge in [0.15, 0.2) is 0 Å². The van der Waals surface area contributed by atoms with Crippen LogP contribution in [0.1, 0.15) is 24.8 Å². The van der Waals surface area contributed by atoms with E-state index in [1.54, 1.807) is 14.2 Å². The van der Waals surface area contributed by atoms with Crippen LogP contribution >= 0.6 is 0 Å². The lowest BCUT2D eigenvalue weighted by atomic mass is 10.0. The van der Waals surface area contributed by atoms with Crippen LogP contribution in [0.4, 0.5) is 0 Å². The number of methoxy groups -OCH3 is 2. The molecule has 20 heavy (non-hydrogen) atoms. The van der Waals surface area contributed by atoms with Crippen LogP contribution in [0.15, 0.2) is 18.2 Å². The topological polar surface area (TPSA) is 59.6 Å². The zero-order valence-electron chi connectivity index (χ0n) is 12.1. The van der Waals surface area contributed by atoms with Gasteiger partial charge < -0.3 is 20.1 Å². The molecule has 0 spiro atoms. The maximum absolute atomic E-state index is 12.1. The third-order valence-electron chi connectivity index (χ3n) is 3.57. The van der Waals surface area contributed by atoms with Gasteiger partial charge >= 0.3 is 0 Å². The summed E-state index contributed by atoms with van der Waals surface area (Å²) in [5.41, 5.74) is 0.942. The summed E-state index contributed by atoms with van der Waals surface area (Å²) in [5.74, 6) is 1.52. The highest BCUT2D eigenvalue weighted by Crippen LogP contribution is 2.24. The first-order chi connectivity index (χ1) is 9.74.